The van der Waals surface area contributed by atoms with Crippen molar-refractivity contribution in [1.82, 2.24) is 5.32 Å². The van der Waals surface area contributed by atoms with Crippen LogP contribution in [0.15, 0.2) is 24.3 Å². The number of nitrogens with one attached hydrogen (secondary N) is 1. The summed E-state index contributed by atoms with van der Waals surface area (Å²) >= 11 is 0. The Kier molecular flexibility index (Phi) is 3.96. The minimum absolute atomic E-state index is 0.307. The van der Waals surface area contributed by atoms with E-state index in [9.17, 15) is 0 Å². The number of anilines is 1. The molecule has 0 spiro atoms. The highest BCUT2D eigenvalue weighted by Crippen LogP contribution is 2.30. The van der Waals surface area contributed by atoms with E-state index in [1.807, 2.05) is 0 Å². The number of hydrogen-bond acceptors (Lipinski definition) is 2. The van der Waals surface area contributed by atoms with Gasteiger partial charge in [0.15, 0.2) is 0 Å². The molecule has 2 rings (SSSR count). The standard InChI is InChI=1S/C16H26N2/c1-13(2)17-11-16(3,4)12-18-10-9-14-7-5-6-8-15(14)18/h5-8,13,17H,9-12H2,1-4H3. The Hall–Kier alpha value is -1.02. The van der Waals surface area contributed by atoms with E-state index >= 15 is 0 Å². The molecule has 0 saturated heterocycles. The molecule has 1 heterocycles. The van der Waals surface area contributed by atoms with Gasteiger partial charge in [0.25, 0.3) is 0 Å². The highest BCUT2D eigenvalue weighted by atomic mass is 15.2. The van der Waals surface area contributed by atoms with Gasteiger partial charge in [-0.3, -0.25) is 0 Å². The van der Waals surface area contributed by atoms with E-state index in [1.54, 1.807) is 0 Å². The third kappa shape index (κ3) is 3.26. The lowest BCUT2D eigenvalue weighted by molar-refractivity contribution is 0.331. The molecule has 18 heavy (non-hydrogen) atoms. The van der Waals surface area contributed by atoms with Crippen LogP contribution in [-0.4, -0.2) is 25.7 Å². The summed E-state index contributed by atoms with van der Waals surface area (Å²) in [5.74, 6) is 0. The summed E-state index contributed by atoms with van der Waals surface area (Å²) in [5.41, 5.74) is 3.25. The summed E-state index contributed by atoms with van der Waals surface area (Å²) in [5, 5.41) is 3.56. The van der Waals surface area contributed by atoms with Crippen LogP contribution in [-0.2, 0) is 6.42 Å². The summed E-state index contributed by atoms with van der Waals surface area (Å²) < 4.78 is 0. The highest BCUT2D eigenvalue weighted by Gasteiger charge is 2.26. The van der Waals surface area contributed by atoms with Crippen LogP contribution in [0.2, 0.25) is 0 Å². The van der Waals surface area contributed by atoms with Gasteiger partial charge in [0.1, 0.15) is 0 Å². The third-order valence-electron chi connectivity index (χ3n) is 3.59. The predicted molar refractivity (Wildman–Crippen MR) is 79.3 cm³/mol. The number of rotatable bonds is 5. The SMILES string of the molecule is CC(C)NCC(C)(C)CN1CCc2ccccc21. The molecule has 1 aromatic carbocycles. The van der Waals surface area contributed by atoms with Crippen LogP contribution in [0.25, 0.3) is 0 Å². The molecule has 0 aromatic heterocycles. The average Bonchev–Trinajstić information content (AvgIpc) is 2.70. The predicted octanol–water partition coefficient (Wildman–Crippen LogP) is 3.07. The molecule has 0 atom stereocenters. The van der Waals surface area contributed by atoms with Crippen LogP contribution in [0, 0.1) is 5.41 Å². The summed E-state index contributed by atoms with van der Waals surface area (Å²) in [6, 6.07) is 9.38. The summed E-state index contributed by atoms with van der Waals surface area (Å²) in [6.07, 6.45) is 1.20. The summed E-state index contributed by atoms with van der Waals surface area (Å²) in [4.78, 5) is 2.54. The fraction of sp³-hybridized carbons (Fsp3) is 0.625. The molecule has 0 radical (unpaired) electrons. The fourth-order valence-corrected chi connectivity index (χ4v) is 2.62. The number of fused-ring (bicyclic) bond motifs is 1. The topological polar surface area (TPSA) is 15.3 Å². The van der Waals surface area contributed by atoms with Crippen molar-refractivity contribution < 1.29 is 0 Å². The molecule has 2 nitrogen and oxygen atoms in total. The van der Waals surface area contributed by atoms with E-state index in [2.05, 4.69) is 62.2 Å². The van der Waals surface area contributed by atoms with Crippen molar-refractivity contribution in [1.29, 1.82) is 0 Å². The lowest BCUT2D eigenvalue weighted by atomic mass is 9.92. The zero-order valence-electron chi connectivity index (χ0n) is 12.2. The van der Waals surface area contributed by atoms with Crippen molar-refractivity contribution in [2.75, 3.05) is 24.5 Å². The molecule has 0 aliphatic carbocycles. The third-order valence-corrected chi connectivity index (χ3v) is 3.59. The zero-order valence-corrected chi connectivity index (χ0v) is 12.2. The van der Waals surface area contributed by atoms with Gasteiger partial charge >= 0.3 is 0 Å². The van der Waals surface area contributed by atoms with E-state index < -0.39 is 0 Å². The van der Waals surface area contributed by atoms with Gasteiger partial charge < -0.3 is 10.2 Å². The quantitative estimate of drug-likeness (QED) is 0.859. The Balaban J connectivity index is 1.98. The van der Waals surface area contributed by atoms with Crippen molar-refractivity contribution in [2.45, 2.75) is 40.2 Å². The first-order valence-corrected chi connectivity index (χ1v) is 7.04. The molecule has 100 valence electrons. The molecule has 0 amide bonds. The normalized spacial score (nSPS) is 15.3. The molecule has 1 N–H and O–H groups in total. The molecular formula is C16H26N2. The first kappa shape index (κ1) is 13.4. The van der Waals surface area contributed by atoms with Gasteiger partial charge in [0.2, 0.25) is 0 Å². The largest absolute Gasteiger partial charge is 0.370 e. The lowest BCUT2D eigenvalue weighted by Crippen LogP contribution is -2.41. The Morgan fingerprint density at radius 3 is 2.72 bits per heavy atom. The molecule has 1 aliphatic heterocycles. The molecule has 0 unspecified atom stereocenters. The lowest BCUT2D eigenvalue weighted by Gasteiger charge is -2.32. The summed E-state index contributed by atoms with van der Waals surface area (Å²) in [6.45, 7) is 12.5. The van der Waals surface area contributed by atoms with Crippen molar-refractivity contribution in [3.05, 3.63) is 29.8 Å². The van der Waals surface area contributed by atoms with Crippen LogP contribution >= 0.6 is 0 Å². The second-order valence-corrected chi connectivity index (χ2v) is 6.50. The maximum absolute atomic E-state index is 3.56. The van der Waals surface area contributed by atoms with Gasteiger partial charge in [0, 0.05) is 31.4 Å². The van der Waals surface area contributed by atoms with Crippen LogP contribution < -0.4 is 10.2 Å². The average molecular weight is 246 g/mol. The molecule has 1 aromatic rings. The maximum atomic E-state index is 3.56. The number of nitrogens with zero attached hydrogens (tertiary/aromatic N) is 1. The first-order chi connectivity index (χ1) is 8.48. The van der Waals surface area contributed by atoms with Crippen LogP contribution in [0.1, 0.15) is 33.3 Å². The molecule has 0 fully saturated rings. The molecule has 0 saturated carbocycles. The number of benzene rings is 1. The van der Waals surface area contributed by atoms with Crippen LogP contribution in [0.4, 0.5) is 5.69 Å². The van der Waals surface area contributed by atoms with Gasteiger partial charge in [-0.25, -0.2) is 0 Å². The van der Waals surface area contributed by atoms with E-state index in [1.165, 1.54) is 24.2 Å². The first-order valence-electron chi connectivity index (χ1n) is 7.04. The van der Waals surface area contributed by atoms with E-state index in [0.717, 1.165) is 13.1 Å². The smallest absolute Gasteiger partial charge is 0.0399 e. The van der Waals surface area contributed by atoms with E-state index in [4.69, 9.17) is 0 Å². The summed E-state index contributed by atoms with van der Waals surface area (Å²) in [7, 11) is 0. The Labute approximate surface area is 111 Å². The molecule has 0 bridgehead atoms. The van der Waals surface area contributed by atoms with Crippen LogP contribution in [0.5, 0.6) is 0 Å². The van der Waals surface area contributed by atoms with Gasteiger partial charge in [-0.05, 0) is 23.5 Å². The minimum Gasteiger partial charge on any atom is -0.370 e. The second kappa shape index (κ2) is 5.31. The van der Waals surface area contributed by atoms with Crippen molar-refractivity contribution in [2.24, 2.45) is 5.41 Å². The Morgan fingerprint density at radius 1 is 1.28 bits per heavy atom. The van der Waals surface area contributed by atoms with Crippen molar-refractivity contribution >= 4 is 5.69 Å². The molecule has 2 heteroatoms. The van der Waals surface area contributed by atoms with Gasteiger partial charge in [-0.1, -0.05) is 45.9 Å². The van der Waals surface area contributed by atoms with Crippen molar-refractivity contribution in [3.8, 4) is 0 Å². The number of para-hydroxylation sites is 1. The Bertz CT molecular complexity index is 396. The van der Waals surface area contributed by atoms with Crippen LogP contribution in [0.3, 0.4) is 0 Å². The van der Waals surface area contributed by atoms with Gasteiger partial charge in [-0.2, -0.15) is 0 Å². The Morgan fingerprint density at radius 2 is 2.00 bits per heavy atom. The fourth-order valence-electron chi connectivity index (χ4n) is 2.62. The highest BCUT2D eigenvalue weighted by molar-refractivity contribution is 5.57. The van der Waals surface area contributed by atoms with Gasteiger partial charge in [-0.15, -0.1) is 0 Å². The van der Waals surface area contributed by atoms with E-state index in [0.29, 0.717) is 11.5 Å². The second-order valence-electron chi connectivity index (χ2n) is 6.50. The monoisotopic (exact) mass is 246 g/mol. The zero-order chi connectivity index (χ0) is 13.2. The molecule has 1 aliphatic rings. The van der Waals surface area contributed by atoms with E-state index in [-0.39, 0.29) is 0 Å². The number of hydrogen-bond donors (Lipinski definition) is 1. The van der Waals surface area contributed by atoms with Crippen molar-refractivity contribution in [3.63, 3.8) is 0 Å². The maximum Gasteiger partial charge on any atom is 0.0399 e. The minimum atomic E-state index is 0.307. The molecular weight excluding hydrogens is 220 g/mol. The van der Waals surface area contributed by atoms with Gasteiger partial charge in [0.05, 0.1) is 0 Å².